The van der Waals surface area contributed by atoms with E-state index >= 15 is 0 Å². The van der Waals surface area contributed by atoms with E-state index in [1.807, 2.05) is 0 Å². The normalized spacial score (nSPS) is 13.1. The van der Waals surface area contributed by atoms with Crippen LogP contribution >= 0.6 is 0 Å². The van der Waals surface area contributed by atoms with Gasteiger partial charge in [-0.1, -0.05) is 111 Å². The monoisotopic (exact) mass is 268 g/mol. The molecule has 1 atom stereocenters. The molecular weight excluding hydrogens is 228 g/mol. The van der Waals surface area contributed by atoms with Gasteiger partial charge in [-0.25, -0.2) is 0 Å². The number of rotatable bonds is 14. The quantitative estimate of drug-likeness (QED) is 0.288. The minimum atomic E-state index is 0.895. The highest BCUT2D eigenvalue weighted by Crippen LogP contribution is 2.18. The lowest BCUT2D eigenvalue weighted by molar-refractivity contribution is 0.427. The second kappa shape index (κ2) is 14.4. The van der Waals surface area contributed by atoms with E-state index in [2.05, 4.69) is 27.7 Å². The molecule has 0 fully saturated rings. The number of hydrogen-bond donors (Lipinski definition) is 0. The van der Waals surface area contributed by atoms with E-state index in [-0.39, 0.29) is 0 Å². The van der Waals surface area contributed by atoms with Crippen molar-refractivity contribution in [1.82, 2.24) is 0 Å². The molecule has 0 heterocycles. The third kappa shape index (κ3) is 15.9. The molecule has 0 saturated carbocycles. The summed E-state index contributed by atoms with van der Waals surface area (Å²) in [6.45, 7) is 9.43. The Bertz CT molecular complexity index is 159. The van der Waals surface area contributed by atoms with Gasteiger partial charge in [0, 0.05) is 0 Å². The van der Waals surface area contributed by atoms with Crippen molar-refractivity contribution in [3.8, 4) is 0 Å². The molecule has 0 aliphatic heterocycles. The molecule has 0 aromatic rings. The van der Waals surface area contributed by atoms with Crippen molar-refractivity contribution in [2.45, 2.75) is 111 Å². The van der Waals surface area contributed by atoms with Crippen molar-refractivity contribution in [1.29, 1.82) is 0 Å². The molecule has 0 aromatic carbocycles. The topological polar surface area (TPSA) is 0 Å². The molecule has 0 N–H and O–H groups in total. The van der Waals surface area contributed by atoms with Crippen LogP contribution in [-0.2, 0) is 0 Å². The van der Waals surface area contributed by atoms with Gasteiger partial charge in [0.15, 0.2) is 0 Å². The molecule has 0 spiro atoms. The van der Waals surface area contributed by atoms with Crippen molar-refractivity contribution >= 4 is 0 Å². The zero-order valence-corrected chi connectivity index (χ0v) is 14.3. The van der Waals surface area contributed by atoms with Crippen molar-refractivity contribution < 1.29 is 0 Å². The van der Waals surface area contributed by atoms with Gasteiger partial charge in [0.2, 0.25) is 0 Å². The maximum Gasteiger partial charge on any atom is -0.0443 e. The SMILES string of the molecule is CCCCCCCCC(C)CCCCCCC(C)C. The minimum Gasteiger partial charge on any atom is -0.0654 e. The summed E-state index contributed by atoms with van der Waals surface area (Å²) in [5.74, 6) is 1.86. The molecule has 0 heteroatoms. The Kier molecular flexibility index (Phi) is 14.4. The molecule has 19 heavy (non-hydrogen) atoms. The molecule has 0 rings (SSSR count). The van der Waals surface area contributed by atoms with Gasteiger partial charge in [0.1, 0.15) is 0 Å². The molecule has 0 saturated heterocycles. The fourth-order valence-corrected chi connectivity index (χ4v) is 2.82. The van der Waals surface area contributed by atoms with Crippen LogP contribution in [0, 0.1) is 11.8 Å². The van der Waals surface area contributed by atoms with E-state index in [0.29, 0.717) is 0 Å². The summed E-state index contributed by atoms with van der Waals surface area (Å²) < 4.78 is 0. The van der Waals surface area contributed by atoms with Gasteiger partial charge >= 0.3 is 0 Å². The summed E-state index contributed by atoms with van der Waals surface area (Å²) in [6.07, 6.45) is 18.9. The van der Waals surface area contributed by atoms with Crippen molar-refractivity contribution in [3.05, 3.63) is 0 Å². The maximum absolute atomic E-state index is 2.46. The standard InChI is InChI=1S/C19H40/c1-5-6-7-8-9-13-16-19(4)17-14-11-10-12-15-18(2)3/h18-19H,5-17H2,1-4H3. The van der Waals surface area contributed by atoms with Crippen LogP contribution in [0.1, 0.15) is 111 Å². The highest BCUT2D eigenvalue weighted by Gasteiger charge is 2.02. The van der Waals surface area contributed by atoms with Gasteiger partial charge in [-0.2, -0.15) is 0 Å². The summed E-state index contributed by atoms with van der Waals surface area (Å²) in [7, 11) is 0. The van der Waals surface area contributed by atoms with E-state index in [4.69, 9.17) is 0 Å². The third-order valence-corrected chi connectivity index (χ3v) is 4.28. The first-order chi connectivity index (χ1) is 9.16. The summed E-state index contributed by atoms with van der Waals surface area (Å²) >= 11 is 0. The lowest BCUT2D eigenvalue weighted by atomic mass is 9.95. The van der Waals surface area contributed by atoms with E-state index in [0.717, 1.165) is 11.8 Å². The van der Waals surface area contributed by atoms with Crippen LogP contribution in [-0.4, -0.2) is 0 Å². The van der Waals surface area contributed by atoms with Crippen LogP contribution in [0.15, 0.2) is 0 Å². The molecule has 0 aliphatic carbocycles. The average molecular weight is 269 g/mol. The zero-order valence-electron chi connectivity index (χ0n) is 14.3. The molecule has 0 aromatic heterocycles. The second-order valence-electron chi connectivity index (χ2n) is 7.05. The van der Waals surface area contributed by atoms with Crippen LogP contribution in [0.25, 0.3) is 0 Å². The second-order valence-corrected chi connectivity index (χ2v) is 7.05. The highest BCUT2D eigenvalue weighted by atomic mass is 14.1. The van der Waals surface area contributed by atoms with E-state index in [1.165, 1.54) is 83.5 Å². The Morgan fingerprint density at radius 2 is 0.947 bits per heavy atom. The molecule has 116 valence electrons. The van der Waals surface area contributed by atoms with Gasteiger partial charge in [-0.05, 0) is 11.8 Å². The molecule has 0 nitrogen and oxygen atoms in total. The minimum absolute atomic E-state index is 0.895. The Morgan fingerprint density at radius 3 is 1.42 bits per heavy atom. The van der Waals surface area contributed by atoms with E-state index in [1.54, 1.807) is 0 Å². The smallest absolute Gasteiger partial charge is 0.0443 e. The van der Waals surface area contributed by atoms with Crippen molar-refractivity contribution in [2.24, 2.45) is 11.8 Å². The highest BCUT2D eigenvalue weighted by molar-refractivity contribution is 4.56. The molecule has 1 unspecified atom stereocenters. The van der Waals surface area contributed by atoms with Crippen LogP contribution < -0.4 is 0 Å². The number of hydrogen-bond acceptors (Lipinski definition) is 0. The van der Waals surface area contributed by atoms with E-state index < -0.39 is 0 Å². The van der Waals surface area contributed by atoms with Gasteiger partial charge in [0.25, 0.3) is 0 Å². The van der Waals surface area contributed by atoms with Crippen LogP contribution in [0.2, 0.25) is 0 Å². The Balaban J connectivity index is 3.14. The van der Waals surface area contributed by atoms with E-state index in [9.17, 15) is 0 Å². The van der Waals surface area contributed by atoms with Crippen molar-refractivity contribution in [2.75, 3.05) is 0 Å². The third-order valence-electron chi connectivity index (χ3n) is 4.28. The lowest BCUT2D eigenvalue weighted by Gasteiger charge is -2.11. The largest absolute Gasteiger partial charge is 0.0654 e. The summed E-state index contributed by atoms with van der Waals surface area (Å²) in [6, 6.07) is 0. The Morgan fingerprint density at radius 1 is 0.526 bits per heavy atom. The zero-order chi connectivity index (χ0) is 14.3. The summed E-state index contributed by atoms with van der Waals surface area (Å²) in [5, 5.41) is 0. The first kappa shape index (κ1) is 19.0. The Hall–Kier alpha value is 0. The predicted octanol–water partition coefficient (Wildman–Crippen LogP) is 7.37. The lowest BCUT2D eigenvalue weighted by Crippen LogP contribution is -1.95. The van der Waals surface area contributed by atoms with Crippen LogP contribution in [0.5, 0.6) is 0 Å². The fraction of sp³-hybridized carbons (Fsp3) is 1.00. The summed E-state index contributed by atoms with van der Waals surface area (Å²) in [4.78, 5) is 0. The van der Waals surface area contributed by atoms with Gasteiger partial charge < -0.3 is 0 Å². The predicted molar refractivity (Wildman–Crippen MR) is 89.7 cm³/mol. The molecule has 0 radical (unpaired) electrons. The van der Waals surface area contributed by atoms with Crippen molar-refractivity contribution in [3.63, 3.8) is 0 Å². The molecular formula is C19H40. The fourth-order valence-electron chi connectivity index (χ4n) is 2.82. The van der Waals surface area contributed by atoms with Gasteiger partial charge in [-0.15, -0.1) is 0 Å². The van der Waals surface area contributed by atoms with Gasteiger partial charge in [-0.3, -0.25) is 0 Å². The average Bonchev–Trinajstić information content (AvgIpc) is 2.37. The molecule has 0 amide bonds. The summed E-state index contributed by atoms with van der Waals surface area (Å²) in [5.41, 5.74) is 0. The molecule has 0 bridgehead atoms. The number of unbranched alkanes of at least 4 members (excludes halogenated alkanes) is 8. The Labute approximate surface area is 123 Å². The first-order valence-corrected chi connectivity index (χ1v) is 9.16. The van der Waals surface area contributed by atoms with Gasteiger partial charge in [0.05, 0.1) is 0 Å². The molecule has 0 aliphatic rings. The van der Waals surface area contributed by atoms with Crippen LogP contribution in [0.3, 0.4) is 0 Å². The van der Waals surface area contributed by atoms with Crippen LogP contribution in [0.4, 0.5) is 0 Å². The first-order valence-electron chi connectivity index (χ1n) is 9.16. The maximum atomic E-state index is 2.46.